The Kier molecular flexibility index (Phi) is 7.47. The maximum Gasteiger partial charge on any atom is 0.430 e. The number of carbonyl (C=O) groups is 1. The monoisotopic (exact) mass is 477 g/mol. The van der Waals surface area contributed by atoms with E-state index in [9.17, 15) is 36.2 Å². The lowest BCUT2D eigenvalue weighted by Gasteiger charge is -2.37. The standard InChI is InChI=1S/C22H21F6NO2S/c1-5-7-14(8-6-2)18-12-29(19(30)13(3)4)16-10-9-15(11-17(16)32-18)20(31,21(23,24)25)22(26,27)28/h1,6-11,13,18,31H,12H2,2-4H3/b8-6-,14-7+. The van der Waals surface area contributed by atoms with Crippen LogP contribution < -0.4 is 4.90 Å². The van der Waals surface area contributed by atoms with Crippen LogP contribution >= 0.6 is 11.8 Å². The van der Waals surface area contributed by atoms with E-state index in [0.717, 1.165) is 17.8 Å². The van der Waals surface area contributed by atoms with Gasteiger partial charge in [-0.25, -0.2) is 0 Å². The Morgan fingerprint density at radius 1 is 1.25 bits per heavy atom. The van der Waals surface area contributed by atoms with Gasteiger partial charge in [0.2, 0.25) is 5.91 Å². The number of anilines is 1. The number of rotatable bonds is 4. The van der Waals surface area contributed by atoms with E-state index >= 15 is 0 Å². The summed E-state index contributed by atoms with van der Waals surface area (Å²) in [5.41, 5.74) is -5.70. The van der Waals surface area contributed by atoms with Crippen LogP contribution in [0.4, 0.5) is 32.0 Å². The molecule has 1 N–H and O–H groups in total. The number of carbonyl (C=O) groups excluding carboxylic acids is 1. The van der Waals surface area contributed by atoms with Crippen molar-refractivity contribution in [2.45, 2.75) is 48.9 Å². The Hall–Kier alpha value is -2.38. The maximum absolute atomic E-state index is 13.4. The van der Waals surface area contributed by atoms with Gasteiger partial charge in [-0.2, -0.15) is 26.3 Å². The van der Waals surface area contributed by atoms with Crippen LogP contribution in [0.3, 0.4) is 0 Å². The minimum absolute atomic E-state index is 0.00732. The molecule has 1 aliphatic heterocycles. The summed E-state index contributed by atoms with van der Waals surface area (Å²) >= 11 is 0.975. The molecule has 0 saturated heterocycles. The molecule has 1 heterocycles. The van der Waals surface area contributed by atoms with Crippen molar-refractivity contribution in [1.82, 2.24) is 0 Å². The van der Waals surface area contributed by atoms with Crippen molar-refractivity contribution in [2.24, 2.45) is 5.92 Å². The first kappa shape index (κ1) is 25.9. The normalized spacial score (nSPS) is 18.1. The zero-order valence-corrected chi connectivity index (χ0v) is 18.2. The molecule has 32 heavy (non-hydrogen) atoms. The lowest BCUT2D eigenvalue weighted by atomic mass is 9.92. The van der Waals surface area contributed by atoms with E-state index in [4.69, 9.17) is 6.42 Å². The molecule has 1 aliphatic rings. The predicted molar refractivity (Wildman–Crippen MR) is 111 cm³/mol. The van der Waals surface area contributed by atoms with Gasteiger partial charge in [-0.1, -0.05) is 38.0 Å². The maximum atomic E-state index is 13.4. The van der Waals surface area contributed by atoms with Crippen molar-refractivity contribution >= 4 is 23.4 Å². The highest BCUT2D eigenvalue weighted by Gasteiger charge is 2.71. The van der Waals surface area contributed by atoms with Gasteiger partial charge in [-0.3, -0.25) is 4.79 Å². The van der Waals surface area contributed by atoms with Crippen LogP contribution in [0.15, 0.2) is 46.9 Å². The fraction of sp³-hybridized carbons (Fsp3) is 0.409. The zero-order valence-electron chi connectivity index (χ0n) is 17.4. The summed E-state index contributed by atoms with van der Waals surface area (Å²) < 4.78 is 80.1. The summed E-state index contributed by atoms with van der Waals surface area (Å²) in [6.45, 7) is 5.09. The average Bonchev–Trinajstić information content (AvgIpc) is 2.69. The number of terminal acetylenes is 1. The number of thioether (sulfide) groups is 1. The molecular formula is C22H21F6NO2S. The van der Waals surface area contributed by atoms with E-state index < -0.39 is 34.7 Å². The average molecular weight is 477 g/mol. The number of allylic oxidation sites excluding steroid dienone is 3. The van der Waals surface area contributed by atoms with E-state index in [0.29, 0.717) is 17.7 Å². The van der Waals surface area contributed by atoms with Crippen molar-refractivity contribution in [3.05, 3.63) is 47.6 Å². The quantitative estimate of drug-likeness (QED) is 0.349. The highest BCUT2D eigenvalue weighted by Crippen LogP contribution is 2.52. The number of benzene rings is 1. The van der Waals surface area contributed by atoms with E-state index in [1.165, 1.54) is 11.0 Å². The van der Waals surface area contributed by atoms with Crippen LogP contribution in [0.1, 0.15) is 26.3 Å². The molecule has 1 atom stereocenters. The van der Waals surface area contributed by atoms with Crippen LogP contribution in [0.2, 0.25) is 0 Å². The van der Waals surface area contributed by atoms with Crippen molar-refractivity contribution in [3.8, 4) is 12.3 Å². The highest BCUT2D eigenvalue weighted by atomic mass is 32.2. The van der Waals surface area contributed by atoms with Gasteiger partial charge in [-0.15, -0.1) is 18.2 Å². The molecule has 0 bridgehead atoms. The van der Waals surface area contributed by atoms with Gasteiger partial charge in [0.15, 0.2) is 0 Å². The second-order valence-corrected chi connectivity index (χ2v) is 8.65. The second kappa shape index (κ2) is 9.24. The summed E-state index contributed by atoms with van der Waals surface area (Å²) in [5, 5.41) is 9.23. The molecule has 0 aromatic heterocycles. The first-order valence-electron chi connectivity index (χ1n) is 9.46. The van der Waals surface area contributed by atoms with E-state index in [-0.39, 0.29) is 23.0 Å². The Bertz CT molecular complexity index is 958. The van der Waals surface area contributed by atoms with Crippen LogP contribution in [0.25, 0.3) is 0 Å². The molecule has 1 aromatic carbocycles. The molecule has 3 nitrogen and oxygen atoms in total. The Labute approximate surface area is 186 Å². The molecule has 0 fully saturated rings. The molecule has 1 amide bonds. The lowest BCUT2D eigenvalue weighted by molar-refractivity contribution is -0.376. The Morgan fingerprint density at radius 3 is 2.31 bits per heavy atom. The fourth-order valence-corrected chi connectivity index (χ4v) is 4.54. The smallest absolute Gasteiger partial charge is 0.369 e. The van der Waals surface area contributed by atoms with Crippen molar-refractivity contribution in [2.75, 3.05) is 11.4 Å². The lowest BCUT2D eigenvalue weighted by Crippen LogP contribution is -2.54. The number of hydrogen-bond acceptors (Lipinski definition) is 3. The Morgan fingerprint density at radius 2 is 1.84 bits per heavy atom. The summed E-state index contributed by atoms with van der Waals surface area (Å²) in [7, 11) is 0. The van der Waals surface area contributed by atoms with Gasteiger partial charge in [0, 0.05) is 22.9 Å². The summed E-state index contributed by atoms with van der Waals surface area (Å²) in [6, 6.07) is 2.18. The summed E-state index contributed by atoms with van der Waals surface area (Å²) in [6.07, 6.45) is -1.91. The third kappa shape index (κ3) is 4.69. The van der Waals surface area contributed by atoms with Crippen molar-refractivity contribution in [3.63, 3.8) is 0 Å². The van der Waals surface area contributed by atoms with Crippen LogP contribution in [0, 0.1) is 18.3 Å². The number of amides is 1. The van der Waals surface area contributed by atoms with Crippen LogP contribution in [-0.4, -0.2) is 35.2 Å². The van der Waals surface area contributed by atoms with Crippen LogP contribution in [0.5, 0.6) is 0 Å². The molecule has 0 spiro atoms. The molecule has 174 valence electrons. The molecule has 1 unspecified atom stereocenters. The minimum atomic E-state index is -6.01. The largest absolute Gasteiger partial charge is 0.430 e. The number of aliphatic hydroxyl groups is 1. The predicted octanol–water partition coefficient (Wildman–Crippen LogP) is 5.60. The third-order valence-corrected chi connectivity index (χ3v) is 6.13. The van der Waals surface area contributed by atoms with E-state index in [1.807, 2.05) is 0 Å². The molecule has 1 aromatic rings. The molecular weight excluding hydrogens is 456 g/mol. The van der Waals surface area contributed by atoms with Crippen molar-refractivity contribution in [1.29, 1.82) is 0 Å². The number of fused-ring (bicyclic) bond motifs is 1. The fourth-order valence-electron chi connectivity index (χ4n) is 3.23. The zero-order chi connectivity index (χ0) is 24.5. The van der Waals surface area contributed by atoms with Gasteiger partial charge in [0.25, 0.3) is 5.60 Å². The number of hydrogen-bond donors (Lipinski definition) is 1. The van der Waals surface area contributed by atoms with E-state index in [1.54, 1.807) is 32.9 Å². The first-order valence-corrected chi connectivity index (χ1v) is 10.3. The first-order chi connectivity index (χ1) is 14.7. The summed E-state index contributed by atoms with van der Waals surface area (Å²) in [4.78, 5) is 14.1. The number of alkyl halides is 6. The molecule has 0 saturated carbocycles. The molecule has 0 aliphatic carbocycles. The molecule has 0 radical (unpaired) electrons. The van der Waals surface area contributed by atoms with Gasteiger partial charge in [0.1, 0.15) is 0 Å². The highest BCUT2D eigenvalue weighted by molar-refractivity contribution is 8.00. The second-order valence-electron chi connectivity index (χ2n) is 7.41. The van der Waals surface area contributed by atoms with Gasteiger partial charge in [-0.05, 0) is 30.7 Å². The summed E-state index contributed by atoms with van der Waals surface area (Å²) in [5.74, 6) is 1.52. The van der Waals surface area contributed by atoms with Gasteiger partial charge in [0.05, 0.1) is 10.9 Å². The van der Waals surface area contributed by atoms with E-state index in [2.05, 4.69) is 5.92 Å². The molecule has 2 rings (SSSR count). The minimum Gasteiger partial charge on any atom is -0.369 e. The van der Waals surface area contributed by atoms with Gasteiger partial charge < -0.3 is 10.0 Å². The Balaban J connectivity index is 2.71. The van der Waals surface area contributed by atoms with Gasteiger partial charge >= 0.3 is 12.4 Å². The topological polar surface area (TPSA) is 40.5 Å². The SMILES string of the molecule is C#C/C=C(\C=C/C)C1CN(C(=O)C(C)C)c2ccc(C(O)(C(F)(F)F)C(F)(F)F)cc2S1. The van der Waals surface area contributed by atoms with Crippen molar-refractivity contribution < 1.29 is 36.2 Å². The van der Waals surface area contributed by atoms with Crippen LogP contribution in [-0.2, 0) is 10.4 Å². The number of nitrogens with zero attached hydrogens (tertiary/aromatic N) is 1. The third-order valence-electron chi connectivity index (χ3n) is 4.85. The number of halogens is 6. The molecule has 10 heteroatoms.